The normalized spacial score (nSPS) is 27.8. The quantitative estimate of drug-likeness (QED) is 0.267. The molecule has 250 valence electrons. The third-order valence-electron chi connectivity index (χ3n) is 10.9. The van der Waals surface area contributed by atoms with Gasteiger partial charge < -0.3 is 24.5 Å². The molecule has 3 heterocycles. The molecule has 3 aliphatic heterocycles. The summed E-state index contributed by atoms with van der Waals surface area (Å²) >= 11 is 0. The second-order valence-corrected chi connectivity index (χ2v) is 13.6. The van der Waals surface area contributed by atoms with Crippen LogP contribution in [0, 0.1) is 31.6 Å². The van der Waals surface area contributed by atoms with Gasteiger partial charge in [0.05, 0.1) is 30.1 Å². The minimum Gasteiger partial charge on any atom is -0.394 e. The summed E-state index contributed by atoms with van der Waals surface area (Å²) in [6, 6.07) is 22.5. The highest BCUT2D eigenvalue weighted by molar-refractivity contribution is 6.07. The molecule has 0 aliphatic carbocycles. The molecule has 8 nitrogen and oxygen atoms in total. The number of anilines is 2. The molecule has 3 saturated heterocycles. The molecule has 3 unspecified atom stereocenters. The van der Waals surface area contributed by atoms with Gasteiger partial charge in [0.2, 0.25) is 11.8 Å². The second-order valence-electron chi connectivity index (χ2n) is 13.6. The number of carbonyl (C=O) groups excluding carboxylic acids is 3. The van der Waals surface area contributed by atoms with Gasteiger partial charge in [0.25, 0.3) is 5.91 Å². The molecule has 0 radical (unpaired) electrons. The number of amides is 3. The van der Waals surface area contributed by atoms with Crippen molar-refractivity contribution >= 4 is 29.1 Å². The lowest BCUT2D eigenvalue weighted by Gasteiger charge is -2.40. The molecular formula is C40H45N3O5. The zero-order valence-electron chi connectivity index (χ0n) is 28.2. The van der Waals surface area contributed by atoms with E-state index in [-0.39, 0.29) is 36.7 Å². The zero-order chi connectivity index (χ0) is 34.4. The molecule has 0 saturated carbocycles. The van der Waals surface area contributed by atoms with Crippen molar-refractivity contribution in [2.45, 2.75) is 57.4 Å². The molecule has 3 amide bonds. The number of nitrogens with zero attached hydrogens (tertiary/aromatic N) is 3. The first kappa shape index (κ1) is 33.4. The highest BCUT2D eigenvalue weighted by Gasteiger charge is 2.80. The third-order valence-corrected chi connectivity index (χ3v) is 10.9. The average Bonchev–Trinajstić information content (AvgIpc) is 3.60. The van der Waals surface area contributed by atoms with Gasteiger partial charge in [0, 0.05) is 24.5 Å². The van der Waals surface area contributed by atoms with Crippen LogP contribution >= 0.6 is 0 Å². The number of fused-ring (bicyclic) bond motifs is 1. The summed E-state index contributed by atoms with van der Waals surface area (Å²) in [5.41, 5.74) is 1.62. The lowest BCUT2D eigenvalue weighted by molar-refractivity contribution is -0.149. The molecule has 2 bridgehead atoms. The number of carbonyl (C=O) groups is 3. The maximum Gasteiger partial charge on any atom is 0.253 e. The van der Waals surface area contributed by atoms with Crippen LogP contribution in [0.15, 0.2) is 104 Å². The molecule has 48 heavy (non-hydrogen) atoms. The van der Waals surface area contributed by atoms with Crippen LogP contribution in [-0.2, 0) is 19.1 Å². The SMILES string of the molecule is C=CCN(C(=O)[C@@H]1[C@H]2C(=O)N([C@H](CO)c3ccccc3)C(C(=O)N(CC=C)c3c(C)cccc3C)C23CC(C)[C@@]1(C)O3)c1ccccc1. The van der Waals surface area contributed by atoms with E-state index in [1.54, 1.807) is 22.0 Å². The second kappa shape index (κ2) is 12.8. The lowest BCUT2D eigenvalue weighted by atomic mass is 9.62. The fourth-order valence-electron chi connectivity index (χ4n) is 8.72. The Bertz CT molecular complexity index is 1710. The van der Waals surface area contributed by atoms with Crippen LogP contribution in [0.2, 0.25) is 0 Å². The number of benzene rings is 3. The largest absolute Gasteiger partial charge is 0.394 e. The molecular weight excluding hydrogens is 602 g/mol. The summed E-state index contributed by atoms with van der Waals surface area (Å²) in [4.78, 5) is 50.2. The predicted octanol–water partition coefficient (Wildman–Crippen LogP) is 5.79. The number of aliphatic hydroxyl groups is 1. The lowest BCUT2D eigenvalue weighted by Crippen LogP contribution is -2.58. The summed E-state index contributed by atoms with van der Waals surface area (Å²) < 4.78 is 7.08. The average molecular weight is 648 g/mol. The minimum absolute atomic E-state index is 0.149. The van der Waals surface area contributed by atoms with Crippen LogP contribution in [0.25, 0.3) is 0 Å². The van der Waals surface area contributed by atoms with E-state index in [1.165, 1.54) is 4.90 Å². The minimum atomic E-state index is -1.31. The molecule has 3 aromatic rings. The Labute approximate surface area is 283 Å². The molecule has 1 N–H and O–H groups in total. The number of rotatable bonds is 11. The van der Waals surface area contributed by atoms with Crippen LogP contribution in [0.1, 0.15) is 43.0 Å². The highest BCUT2D eigenvalue weighted by atomic mass is 16.5. The van der Waals surface area contributed by atoms with Crippen LogP contribution < -0.4 is 9.80 Å². The maximum absolute atomic E-state index is 15.3. The fourth-order valence-corrected chi connectivity index (χ4v) is 8.72. The number of aryl methyl sites for hydroxylation is 2. The Hall–Kier alpha value is -4.53. The predicted molar refractivity (Wildman–Crippen MR) is 187 cm³/mol. The Morgan fingerprint density at radius 1 is 0.938 bits per heavy atom. The van der Waals surface area contributed by atoms with Gasteiger partial charge in [-0.1, -0.05) is 85.8 Å². The van der Waals surface area contributed by atoms with Crippen molar-refractivity contribution < 1.29 is 24.2 Å². The van der Waals surface area contributed by atoms with Crippen molar-refractivity contribution in [2.24, 2.45) is 17.8 Å². The molecule has 1 spiro atoms. The molecule has 3 aliphatic rings. The topological polar surface area (TPSA) is 90.4 Å². The number of aliphatic hydroxyl groups excluding tert-OH is 1. The summed E-state index contributed by atoms with van der Waals surface area (Å²) in [6.45, 7) is 15.8. The summed E-state index contributed by atoms with van der Waals surface area (Å²) in [5, 5.41) is 11.0. The van der Waals surface area contributed by atoms with E-state index in [0.29, 0.717) is 17.7 Å². The van der Waals surface area contributed by atoms with Crippen LogP contribution in [0.3, 0.4) is 0 Å². The van der Waals surface area contributed by atoms with E-state index < -0.39 is 41.7 Å². The Morgan fingerprint density at radius 3 is 2.10 bits per heavy atom. The third kappa shape index (κ3) is 5.01. The summed E-state index contributed by atoms with van der Waals surface area (Å²) in [7, 11) is 0. The van der Waals surface area contributed by atoms with Gasteiger partial charge in [0.15, 0.2) is 0 Å². The molecule has 7 atom stereocenters. The fraction of sp³-hybridized carbons (Fsp3) is 0.375. The van der Waals surface area contributed by atoms with Gasteiger partial charge >= 0.3 is 0 Å². The monoisotopic (exact) mass is 647 g/mol. The van der Waals surface area contributed by atoms with E-state index in [9.17, 15) is 9.90 Å². The van der Waals surface area contributed by atoms with Crippen LogP contribution in [0.4, 0.5) is 11.4 Å². The molecule has 3 aromatic carbocycles. The zero-order valence-corrected chi connectivity index (χ0v) is 28.2. The van der Waals surface area contributed by atoms with E-state index in [4.69, 9.17) is 4.74 Å². The van der Waals surface area contributed by atoms with E-state index in [2.05, 4.69) is 13.2 Å². The van der Waals surface area contributed by atoms with Crippen LogP contribution in [0.5, 0.6) is 0 Å². The first-order chi connectivity index (χ1) is 23.0. The van der Waals surface area contributed by atoms with Gasteiger partial charge in [-0.15, -0.1) is 13.2 Å². The Morgan fingerprint density at radius 2 is 1.52 bits per heavy atom. The van der Waals surface area contributed by atoms with Gasteiger partial charge in [-0.3, -0.25) is 14.4 Å². The van der Waals surface area contributed by atoms with Crippen molar-refractivity contribution in [3.8, 4) is 0 Å². The number of hydrogen-bond acceptors (Lipinski definition) is 5. The molecule has 3 fully saturated rings. The van der Waals surface area contributed by atoms with Gasteiger partial charge in [0.1, 0.15) is 11.6 Å². The van der Waals surface area contributed by atoms with Crippen molar-refractivity contribution in [1.82, 2.24) is 4.90 Å². The summed E-state index contributed by atoms with van der Waals surface area (Å²) in [5.74, 6) is -2.91. The van der Waals surface area contributed by atoms with Crippen molar-refractivity contribution in [1.29, 1.82) is 0 Å². The number of hydrogen-bond donors (Lipinski definition) is 1. The molecule has 0 aromatic heterocycles. The van der Waals surface area contributed by atoms with E-state index >= 15 is 9.59 Å². The standard InChI is InChI=1S/C40H45N3O5/c1-7-22-41(30-20-13-10-14-21-30)36(45)32-33-37(46)43(31(25-44)29-18-11-9-12-19-29)35(40(33)24-28(5)39(32,6)48-40)38(47)42(23-8-2)34-26(3)16-15-17-27(34)4/h7-21,28,31-33,35,44H,1-2,22-25H2,3-6H3/t28?,31-,32+,33+,35?,39-,40?/m1/s1. The van der Waals surface area contributed by atoms with Crippen molar-refractivity contribution in [3.63, 3.8) is 0 Å². The first-order valence-corrected chi connectivity index (χ1v) is 16.7. The number of likely N-dealkylation sites (tertiary alicyclic amines) is 1. The first-order valence-electron chi connectivity index (χ1n) is 16.7. The van der Waals surface area contributed by atoms with Crippen molar-refractivity contribution in [3.05, 3.63) is 121 Å². The van der Waals surface area contributed by atoms with Crippen LogP contribution in [-0.4, -0.2) is 64.7 Å². The Balaban J connectivity index is 1.55. The molecule has 6 rings (SSSR count). The van der Waals surface area contributed by atoms with E-state index in [0.717, 1.165) is 16.8 Å². The molecule has 8 heteroatoms. The van der Waals surface area contributed by atoms with Crippen molar-refractivity contribution in [2.75, 3.05) is 29.5 Å². The summed E-state index contributed by atoms with van der Waals surface area (Å²) in [6.07, 6.45) is 3.76. The number of ether oxygens (including phenoxy) is 1. The highest BCUT2D eigenvalue weighted by Crippen LogP contribution is 2.66. The Kier molecular flexibility index (Phi) is 8.92. The smallest absolute Gasteiger partial charge is 0.253 e. The van der Waals surface area contributed by atoms with Gasteiger partial charge in [-0.05, 0) is 61.9 Å². The van der Waals surface area contributed by atoms with E-state index in [1.807, 2.05) is 107 Å². The maximum atomic E-state index is 15.3. The van der Waals surface area contributed by atoms with Gasteiger partial charge in [-0.2, -0.15) is 0 Å². The number of para-hydroxylation sites is 2. The van der Waals surface area contributed by atoms with Gasteiger partial charge in [-0.25, -0.2) is 0 Å².